The zero-order chi connectivity index (χ0) is 25.8. The molecule has 0 fully saturated rings. The Morgan fingerprint density at radius 1 is 0.973 bits per heavy atom. The highest BCUT2D eigenvalue weighted by atomic mass is 16.6. The van der Waals surface area contributed by atoms with E-state index in [1.54, 1.807) is 61.7 Å². The largest absolute Gasteiger partial charge is 0.497 e. The van der Waals surface area contributed by atoms with Crippen molar-refractivity contribution in [3.8, 4) is 22.9 Å². The van der Waals surface area contributed by atoms with Gasteiger partial charge in [0.1, 0.15) is 18.5 Å². The highest BCUT2D eigenvalue weighted by Crippen LogP contribution is 2.30. The number of nitrogens with one attached hydrogen (secondary N) is 2. The Hall–Kier alpha value is -4.86. The van der Waals surface area contributed by atoms with Crippen LogP contribution >= 0.6 is 0 Å². The molecule has 2 amide bonds. The zero-order valence-corrected chi connectivity index (χ0v) is 20.0. The standard InChI is InChI=1S/C27H24N4O6/c1-35-18-12-10-17(11-13-18)31-27(34)21-7-3-2-6-20(21)25(30-31)26(33)29-15-24(32)28-14-19-16-36-22-8-4-5-9-23(22)37-19/h2-13,19H,14-16H2,1H3,(H,28,32)(H,29,33)/t19-/m0/s1. The van der Waals surface area contributed by atoms with Gasteiger partial charge in [0.25, 0.3) is 11.5 Å². The molecule has 0 spiro atoms. The van der Waals surface area contributed by atoms with Gasteiger partial charge in [-0.1, -0.05) is 30.3 Å². The number of carbonyl (C=O) groups excluding carboxylic acids is 2. The van der Waals surface area contributed by atoms with Crippen LogP contribution in [0.25, 0.3) is 16.5 Å². The summed E-state index contributed by atoms with van der Waals surface area (Å²) in [4.78, 5) is 38.6. The van der Waals surface area contributed by atoms with Crippen LogP contribution in [0.5, 0.6) is 17.2 Å². The number of rotatable bonds is 7. The van der Waals surface area contributed by atoms with Crippen LogP contribution in [0.15, 0.2) is 77.6 Å². The van der Waals surface area contributed by atoms with Crippen LogP contribution in [0.2, 0.25) is 0 Å². The number of hydrogen-bond acceptors (Lipinski definition) is 7. The quantitative estimate of drug-likeness (QED) is 0.399. The third-order valence-electron chi connectivity index (χ3n) is 5.84. The molecular weight excluding hydrogens is 476 g/mol. The van der Waals surface area contributed by atoms with Crippen molar-refractivity contribution >= 4 is 22.6 Å². The molecule has 5 rings (SSSR count). The summed E-state index contributed by atoms with van der Waals surface area (Å²) in [6, 6.07) is 20.8. The number of fused-ring (bicyclic) bond motifs is 2. The first-order valence-corrected chi connectivity index (χ1v) is 11.6. The van der Waals surface area contributed by atoms with Crippen molar-refractivity contribution in [2.24, 2.45) is 0 Å². The summed E-state index contributed by atoms with van der Waals surface area (Å²) in [6.45, 7) is 0.236. The number of aromatic nitrogens is 2. The van der Waals surface area contributed by atoms with Crippen LogP contribution in [-0.2, 0) is 4.79 Å². The van der Waals surface area contributed by atoms with Crippen molar-refractivity contribution in [2.75, 3.05) is 26.8 Å². The lowest BCUT2D eigenvalue weighted by Gasteiger charge is -2.26. The van der Waals surface area contributed by atoms with E-state index >= 15 is 0 Å². The molecule has 1 aliphatic heterocycles. The molecular formula is C27H24N4O6. The smallest absolute Gasteiger partial charge is 0.279 e. The maximum Gasteiger partial charge on any atom is 0.279 e. The fraction of sp³-hybridized carbons (Fsp3) is 0.185. The summed E-state index contributed by atoms with van der Waals surface area (Å²) in [5, 5.41) is 10.4. The summed E-state index contributed by atoms with van der Waals surface area (Å²) in [5.74, 6) is 0.915. The fourth-order valence-electron chi connectivity index (χ4n) is 3.95. The van der Waals surface area contributed by atoms with Crippen LogP contribution in [0, 0.1) is 0 Å². The molecule has 3 aromatic carbocycles. The normalized spacial score (nSPS) is 14.1. The van der Waals surface area contributed by atoms with E-state index in [4.69, 9.17) is 14.2 Å². The number of hydrogen-bond donors (Lipinski definition) is 2. The minimum atomic E-state index is -0.584. The molecule has 188 valence electrons. The Balaban J connectivity index is 1.28. The van der Waals surface area contributed by atoms with Gasteiger partial charge in [0.05, 0.1) is 31.3 Å². The second-order valence-electron chi connectivity index (χ2n) is 8.29. The third kappa shape index (κ3) is 5.08. The van der Waals surface area contributed by atoms with E-state index in [1.165, 1.54) is 0 Å². The SMILES string of the molecule is COc1ccc(-n2nc(C(=O)NCC(=O)NC[C@H]3COc4ccccc4O3)c3ccccc3c2=O)cc1. The first kappa shape index (κ1) is 23.9. The van der Waals surface area contributed by atoms with Gasteiger partial charge in [-0.15, -0.1) is 0 Å². The molecule has 1 aromatic heterocycles. The molecule has 10 heteroatoms. The summed E-state index contributed by atoms with van der Waals surface area (Å²) in [7, 11) is 1.54. The molecule has 0 bridgehead atoms. The van der Waals surface area contributed by atoms with Gasteiger partial charge >= 0.3 is 0 Å². The third-order valence-corrected chi connectivity index (χ3v) is 5.84. The molecule has 0 saturated heterocycles. The molecule has 0 saturated carbocycles. The number of carbonyl (C=O) groups is 2. The van der Waals surface area contributed by atoms with Gasteiger partial charge in [0, 0.05) is 5.39 Å². The van der Waals surface area contributed by atoms with Crippen molar-refractivity contribution in [1.29, 1.82) is 0 Å². The highest BCUT2D eigenvalue weighted by molar-refractivity contribution is 6.05. The van der Waals surface area contributed by atoms with Crippen LogP contribution in [-0.4, -0.2) is 54.5 Å². The maximum atomic E-state index is 13.1. The fourth-order valence-corrected chi connectivity index (χ4v) is 3.95. The topological polar surface area (TPSA) is 121 Å². The van der Waals surface area contributed by atoms with Gasteiger partial charge in [0.2, 0.25) is 5.91 Å². The number of nitrogens with zero attached hydrogens (tertiary/aromatic N) is 2. The molecule has 4 aromatic rings. The Bertz CT molecular complexity index is 1520. The van der Waals surface area contributed by atoms with Gasteiger partial charge < -0.3 is 24.8 Å². The highest BCUT2D eigenvalue weighted by Gasteiger charge is 2.22. The van der Waals surface area contributed by atoms with E-state index in [2.05, 4.69) is 15.7 Å². The number of amides is 2. The maximum absolute atomic E-state index is 13.1. The number of methoxy groups -OCH3 is 1. The van der Waals surface area contributed by atoms with E-state index in [-0.39, 0.29) is 30.4 Å². The van der Waals surface area contributed by atoms with Gasteiger partial charge in [0.15, 0.2) is 17.2 Å². The molecule has 37 heavy (non-hydrogen) atoms. The Kier molecular flexibility index (Phi) is 6.71. The average molecular weight is 501 g/mol. The lowest BCUT2D eigenvalue weighted by Crippen LogP contribution is -2.44. The van der Waals surface area contributed by atoms with Gasteiger partial charge in [-0.05, 0) is 42.5 Å². The van der Waals surface area contributed by atoms with Crippen LogP contribution in [0.1, 0.15) is 10.5 Å². The molecule has 1 aliphatic rings. The summed E-state index contributed by atoms with van der Waals surface area (Å²) in [5.41, 5.74) is 0.130. The van der Waals surface area contributed by atoms with Gasteiger partial charge in [-0.3, -0.25) is 14.4 Å². The van der Waals surface area contributed by atoms with Crippen LogP contribution in [0.3, 0.4) is 0 Å². The van der Waals surface area contributed by atoms with Crippen LogP contribution < -0.4 is 30.4 Å². The van der Waals surface area contributed by atoms with Crippen molar-refractivity contribution < 1.29 is 23.8 Å². The van der Waals surface area contributed by atoms with E-state index < -0.39 is 11.8 Å². The van der Waals surface area contributed by atoms with Crippen molar-refractivity contribution in [2.45, 2.75) is 6.10 Å². The molecule has 2 heterocycles. The second-order valence-corrected chi connectivity index (χ2v) is 8.29. The number of ether oxygens (including phenoxy) is 3. The summed E-state index contributed by atoms with van der Waals surface area (Å²) >= 11 is 0. The summed E-state index contributed by atoms with van der Waals surface area (Å²) < 4.78 is 17.8. The average Bonchev–Trinajstić information content (AvgIpc) is 2.95. The van der Waals surface area contributed by atoms with E-state index in [0.29, 0.717) is 40.3 Å². The van der Waals surface area contributed by atoms with E-state index in [9.17, 15) is 14.4 Å². The Labute approximate surface area is 211 Å². The first-order chi connectivity index (χ1) is 18.0. The molecule has 2 N–H and O–H groups in total. The Morgan fingerprint density at radius 3 is 2.43 bits per heavy atom. The second kappa shape index (κ2) is 10.4. The van der Waals surface area contributed by atoms with E-state index in [1.807, 2.05) is 18.2 Å². The van der Waals surface area contributed by atoms with Gasteiger partial charge in [-0.25, -0.2) is 0 Å². The monoisotopic (exact) mass is 500 g/mol. The molecule has 0 unspecified atom stereocenters. The zero-order valence-electron chi connectivity index (χ0n) is 20.0. The van der Waals surface area contributed by atoms with Gasteiger partial charge in [-0.2, -0.15) is 9.78 Å². The van der Waals surface area contributed by atoms with Crippen molar-refractivity contribution in [3.05, 3.63) is 88.8 Å². The summed E-state index contributed by atoms with van der Waals surface area (Å²) in [6.07, 6.45) is -0.354. The lowest BCUT2D eigenvalue weighted by atomic mass is 10.1. The molecule has 1 atom stereocenters. The predicted molar refractivity (Wildman–Crippen MR) is 136 cm³/mol. The number of benzene rings is 3. The molecule has 0 aliphatic carbocycles. The van der Waals surface area contributed by atoms with E-state index in [0.717, 1.165) is 4.68 Å². The predicted octanol–water partition coefficient (Wildman–Crippen LogP) is 2.08. The minimum absolute atomic E-state index is 0.0273. The minimum Gasteiger partial charge on any atom is -0.497 e. The van der Waals surface area contributed by atoms with Crippen molar-refractivity contribution in [1.82, 2.24) is 20.4 Å². The van der Waals surface area contributed by atoms with Crippen molar-refractivity contribution in [3.63, 3.8) is 0 Å². The number of para-hydroxylation sites is 2. The Morgan fingerprint density at radius 2 is 1.68 bits per heavy atom. The molecule has 10 nitrogen and oxygen atoms in total. The molecule has 0 radical (unpaired) electrons. The first-order valence-electron chi connectivity index (χ1n) is 11.6. The van der Waals surface area contributed by atoms with Crippen LogP contribution in [0.4, 0.5) is 0 Å². The lowest BCUT2D eigenvalue weighted by molar-refractivity contribution is -0.120.